The van der Waals surface area contributed by atoms with E-state index in [1.165, 1.54) is 6.07 Å². The molecule has 1 aliphatic rings. The molecule has 0 heterocycles. The molecule has 4 nitrogen and oxygen atoms in total. The Balaban J connectivity index is 2.27. The van der Waals surface area contributed by atoms with Crippen LogP contribution >= 0.6 is 11.6 Å². The predicted octanol–water partition coefficient (Wildman–Crippen LogP) is 2.05. The molecule has 0 aliphatic heterocycles. The maximum atomic E-state index is 13.5. The summed E-state index contributed by atoms with van der Waals surface area (Å²) < 4.78 is 40.2. The van der Waals surface area contributed by atoms with Crippen LogP contribution < -0.4 is 4.72 Å². The van der Waals surface area contributed by atoms with Crippen LogP contribution in [0.25, 0.3) is 0 Å². The van der Waals surface area contributed by atoms with Crippen LogP contribution in [0.15, 0.2) is 17.0 Å². The Bertz CT molecular complexity index is 585. The lowest BCUT2D eigenvalue weighted by molar-refractivity contribution is 0.270. The van der Waals surface area contributed by atoms with E-state index in [2.05, 4.69) is 4.72 Å². The maximum Gasteiger partial charge on any atom is 0.240 e. The zero-order valence-electron chi connectivity index (χ0n) is 10.4. The van der Waals surface area contributed by atoms with Crippen molar-refractivity contribution in [1.82, 2.24) is 4.72 Å². The fraction of sp³-hybridized carbons (Fsp3) is 0.500. The Morgan fingerprint density at radius 3 is 2.63 bits per heavy atom. The molecule has 1 saturated carbocycles. The Kier molecular flexibility index (Phi) is 4.15. The lowest BCUT2D eigenvalue weighted by Crippen LogP contribution is -2.43. The van der Waals surface area contributed by atoms with Crippen LogP contribution in [0, 0.1) is 11.7 Å². The van der Waals surface area contributed by atoms with Gasteiger partial charge in [0.15, 0.2) is 0 Å². The molecule has 2 N–H and O–H groups in total. The van der Waals surface area contributed by atoms with E-state index in [4.69, 9.17) is 16.7 Å². The minimum atomic E-state index is -3.78. The average molecular weight is 308 g/mol. The van der Waals surface area contributed by atoms with Gasteiger partial charge in [0.2, 0.25) is 10.0 Å². The first kappa shape index (κ1) is 14.7. The fourth-order valence-electron chi connectivity index (χ4n) is 2.17. The first-order valence-electron chi connectivity index (χ1n) is 5.94. The van der Waals surface area contributed by atoms with E-state index in [0.29, 0.717) is 5.92 Å². The zero-order valence-corrected chi connectivity index (χ0v) is 11.9. The Morgan fingerprint density at radius 2 is 2.11 bits per heavy atom. The van der Waals surface area contributed by atoms with Crippen LogP contribution in [0.2, 0.25) is 5.02 Å². The molecular formula is C12H15ClFNO3S. The SMILES string of the molecule is CC1CC(NS(=O)(=O)c2cc(F)c(Cl)c(CO)c2)C1. The minimum absolute atomic E-state index is 0.0593. The molecule has 0 saturated heterocycles. The highest BCUT2D eigenvalue weighted by atomic mass is 35.5. The number of benzene rings is 1. The van der Waals surface area contributed by atoms with Crippen molar-refractivity contribution in [3.8, 4) is 0 Å². The second-order valence-corrected chi connectivity index (χ2v) is 7.02. The van der Waals surface area contributed by atoms with Gasteiger partial charge >= 0.3 is 0 Å². The smallest absolute Gasteiger partial charge is 0.240 e. The normalized spacial score (nSPS) is 23.2. The molecule has 19 heavy (non-hydrogen) atoms. The van der Waals surface area contributed by atoms with Gasteiger partial charge < -0.3 is 5.11 Å². The van der Waals surface area contributed by atoms with E-state index in [0.717, 1.165) is 18.9 Å². The van der Waals surface area contributed by atoms with Gasteiger partial charge in [-0.25, -0.2) is 17.5 Å². The zero-order chi connectivity index (χ0) is 14.2. The van der Waals surface area contributed by atoms with Crippen molar-refractivity contribution in [1.29, 1.82) is 0 Å². The van der Waals surface area contributed by atoms with Crippen molar-refractivity contribution >= 4 is 21.6 Å². The van der Waals surface area contributed by atoms with E-state index in [9.17, 15) is 12.8 Å². The molecule has 0 bridgehead atoms. The highest BCUT2D eigenvalue weighted by Crippen LogP contribution is 2.29. The molecule has 106 valence electrons. The highest BCUT2D eigenvalue weighted by Gasteiger charge is 2.30. The molecule has 1 aromatic carbocycles. The van der Waals surface area contributed by atoms with Crippen LogP contribution in [0.3, 0.4) is 0 Å². The quantitative estimate of drug-likeness (QED) is 0.894. The molecule has 0 aromatic heterocycles. The molecule has 1 aromatic rings. The Morgan fingerprint density at radius 1 is 1.47 bits per heavy atom. The summed E-state index contributed by atoms with van der Waals surface area (Å²) in [6, 6.07) is 1.96. The third-order valence-electron chi connectivity index (χ3n) is 3.25. The van der Waals surface area contributed by atoms with Crippen molar-refractivity contribution in [3.05, 3.63) is 28.5 Å². The summed E-state index contributed by atoms with van der Waals surface area (Å²) >= 11 is 5.63. The molecule has 7 heteroatoms. The van der Waals surface area contributed by atoms with Gasteiger partial charge in [0, 0.05) is 11.6 Å². The van der Waals surface area contributed by atoms with Crippen molar-refractivity contribution in [2.45, 2.75) is 37.3 Å². The van der Waals surface area contributed by atoms with Gasteiger partial charge in [-0.15, -0.1) is 0 Å². The lowest BCUT2D eigenvalue weighted by atomic mass is 9.83. The van der Waals surface area contributed by atoms with Gasteiger partial charge in [0.1, 0.15) is 5.82 Å². The van der Waals surface area contributed by atoms with Crippen molar-refractivity contribution in [3.63, 3.8) is 0 Å². The largest absolute Gasteiger partial charge is 0.392 e. The molecule has 0 atom stereocenters. The van der Waals surface area contributed by atoms with Gasteiger partial charge in [-0.1, -0.05) is 18.5 Å². The second-order valence-electron chi connectivity index (χ2n) is 4.93. The van der Waals surface area contributed by atoms with E-state index in [1.807, 2.05) is 6.92 Å². The van der Waals surface area contributed by atoms with Crippen LogP contribution in [0.1, 0.15) is 25.3 Å². The Hall–Kier alpha value is -0.690. The van der Waals surface area contributed by atoms with Crippen molar-refractivity contribution in [2.24, 2.45) is 5.92 Å². The van der Waals surface area contributed by atoms with Crippen LogP contribution in [0.5, 0.6) is 0 Å². The lowest BCUT2D eigenvalue weighted by Gasteiger charge is -2.32. The molecule has 1 fully saturated rings. The third kappa shape index (κ3) is 3.08. The number of hydrogen-bond donors (Lipinski definition) is 2. The van der Waals surface area contributed by atoms with Crippen molar-refractivity contribution < 1.29 is 17.9 Å². The minimum Gasteiger partial charge on any atom is -0.392 e. The molecule has 0 unspecified atom stereocenters. The number of halogens is 2. The first-order valence-corrected chi connectivity index (χ1v) is 7.80. The number of hydrogen-bond acceptors (Lipinski definition) is 3. The number of aliphatic hydroxyl groups is 1. The molecule has 1 aliphatic carbocycles. The molecule has 0 radical (unpaired) electrons. The third-order valence-corrected chi connectivity index (χ3v) is 5.18. The van der Waals surface area contributed by atoms with E-state index in [1.54, 1.807) is 0 Å². The van der Waals surface area contributed by atoms with Crippen LogP contribution in [-0.2, 0) is 16.6 Å². The molecular weight excluding hydrogens is 293 g/mol. The summed E-state index contributed by atoms with van der Waals surface area (Å²) in [6.07, 6.45) is 1.56. The van der Waals surface area contributed by atoms with Crippen molar-refractivity contribution in [2.75, 3.05) is 0 Å². The maximum absolute atomic E-state index is 13.5. The van der Waals surface area contributed by atoms with E-state index in [-0.39, 0.29) is 21.5 Å². The first-order chi connectivity index (χ1) is 8.83. The van der Waals surface area contributed by atoms with Gasteiger partial charge in [-0.2, -0.15) is 0 Å². The fourth-order valence-corrected chi connectivity index (χ4v) is 3.67. The van der Waals surface area contributed by atoms with Crippen LogP contribution in [0.4, 0.5) is 4.39 Å². The van der Waals surface area contributed by atoms with Gasteiger partial charge in [0.25, 0.3) is 0 Å². The predicted molar refractivity (Wildman–Crippen MR) is 69.8 cm³/mol. The second kappa shape index (κ2) is 5.36. The molecule has 2 rings (SSSR count). The van der Waals surface area contributed by atoms with E-state index >= 15 is 0 Å². The van der Waals surface area contributed by atoms with Gasteiger partial charge in [-0.3, -0.25) is 0 Å². The number of rotatable bonds is 4. The Labute approximate surface area is 116 Å². The molecule has 0 spiro atoms. The number of sulfonamides is 1. The van der Waals surface area contributed by atoms with Gasteiger partial charge in [0.05, 0.1) is 16.5 Å². The van der Waals surface area contributed by atoms with Gasteiger partial charge in [-0.05, 0) is 30.9 Å². The summed E-state index contributed by atoms with van der Waals surface area (Å²) in [5, 5.41) is 8.79. The summed E-state index contributed by atoms with van der Waals surface area (Å²) in [5.41, 5.74) is 0.0593. The topological polar surface area (TPSA) is 66.4 Å². The average Bonchev–Trinajstić information content (AvgIpc) is 2.30. The summed E-state index contributed by atoms with van der Waals surface area (Å²) in [6.45, 7) is 1.52. The van der Waals surface area contributed by atoms with E-state index < -0.39 is 22.4 Å². The standard InChI is InChI=1S/C12H15ClFNO3S/c1-7-2-9(3-7)15-19(17,18)10-4-8(6-16)12(13)11(14)5-10/h4-5,7,9,15-16H,2-3,6H2,1H3. The summed E-state index contributed by atoms with van der Waals surface area (Å²) in [7, 11) is -3.78. The van der Waals surface area contributed by atoms with Crippen LogP contribution in [-0.4, -0.2) is 19.6 Å². The molecule has 0 amide bonds. The summed E-state index contributed by atoms with van der Waals surface area (Å²) in [5.74, 6) is -0.349. The number of nitrogens with one attached hydrogen (secondary N) is 1. The number of aliphatic hydroxyl groups excluding tert-OH is 1. The highest BCUT2D eigenvalue weighted by molar-refractivity contribution is 7.89. The summed E-state index contributed by atoms with van der Waals surface area (Å²) in [4.78, 5) is -0.210. The monoisotopic (exact) mass is 307 g/mol.